The number of fused-ring (bicyclic) bond motifs is 1. The van der Waals surface area contributed by atoms with Crippen molar-refractivity contribution in [3.63, 3.8) is 0 Å². The maximum Gasteiger partial charge on any atom is 0.221 e. The lowest BCUT2D eigenvalue weighted by molar-refractivity contribution is 0.415. The minimum atomic E-state index is 0.155. The number of anilines is 1. The summed E-state index contributed by atoms with van der Waals surface area (Å²) in [5, 5.41) is 0.878. The first-order valence-corrected chi connectivity index (χ1v) is 7.39. The molecule has 0 amide bonds. The van der Waals surface area contributed by atoms with Gasteiger partial charge in [0.15, 0.2) is 0 Å². The van der Waals surface area contributed by atoms with E-state index in [0.29, 0.717) is 32.6 Å². The second-order valence-corrected chi connectivity index (χ2v) is 5.93. The van der Waals surface area contributed by atoms with E-state index in [1.165, 1.54) is 7.11 Å². The van der Waals surface area contributed by atoms with Crippen LogP contribution in [0, 0.1) is 0 Å². The average Bonchev–Trinajstić information content (AvgIpc) is 2.80. The number of benzene rings is 1. The number of hydrogen-bond acceptors (Lipinski definition) is 4. The predicted octanol–water partition coefficient (Wildman–Crippen LogP) is 4.29. The molecule has 0 aliphatic heterocycles. The lowest BCUT2D eigenvalue weighted by Crippen LogP contribution is -1.98. The van der Waals surface area contributed by atoms with E-state index in [9.17, 15) is 0 Å². The zero-order chi connectivity index (χ0) is 15.1. The Hall–Kier alpha value is -1.50. The van der Waals surface area contributed by atoms with E-state index >= 15 is 0 Å². The SMILES string of the molecule is COc1cc(-c2nc(N)nc3c(Br)c[nH]c23)c(Cl)cc1Cl. The van der Waals surface area contributed by atoms with E-state index in [4.69, 9.17) is 33.7 Å². The van der Waals surface area contributed by atoms with E-state index in [2.05, 4.69) is 30.9 Å². The molecule has 5 nitrogen and oxygen atoms in total. The number of nitrogens with one attached hydrogen (secondary N) is 1. The number of rotatable bonds is 2. The van der Waals surface area contributed by atoms with E-state index in [1.54, 1.807) is 18.3 Å². The van der Waals surface area contributed by atoms with Crippen molar-refractivity contribution < 1.29 is 4.74 Å². The minimum Gasteiger partial charge on any atom is -0.495 e. The number of aromatic amines is 1. The Morgan fingerprint density at radius 1 is 1.24 bits per heavy atom. The van der Waals surface area contributed by atoms with Gasteiger partial charge in [0.1, 0.15) is 17.0 Å². The fraction of sp³-hybridized carbons (Fsp3) is 0.0769. The summed E-state index contributed by atoms with van der Waals surface area (Å²) in [4.78, 5) is 11.6. The van der Waals surface area contributed by atoms with Gasteiger partial charge in [-0.2, -0.15) is 0 Å². The second-order valence-electron chi connectivity index (χ2n) is 4.26. The van der Waals surface area contributed by atoms with Crippen LogP contribution in [0.15, 0.2) is 22.8 Å². The first-order valence-electron chi connectivity index (χ1n) is 5.84. The van der Waals surface area contributed by atoms with Crippen molar-refractivity contribution in [3.8, 4) is 17.0 Å². The molecule has 2 aromatic heterocycles. The van der Waals surface area contributed by atoms with Gasteiger partial charge in [-0.05, 0) is 28.1 Å². The van der Waals surface area contributed by atoms with Crippen LogP contribution >= 0.6 is 39.1 Å². The Bertz CT molecular complexity index is 850. The zero-order valence-corrected chi connectivity index (χ0v) is 13.8. The van der Waals surface area contributed by atoms with Crippen molar-refractivity contribution >= 4 is 56.1 Å². The van der Waals surface area contributed by atoms with E-state index in [0.717, 1.165) is 9.99 Å². The lowest BCUT2D eigenvalue weighted by atomic mass is 10.1. The number of ether oxygens (including phenoxy) is 1. The molecule has 108 valence electrons. The quantitative estimate of drug-likeness (QED) is 0.687. The maximum atomic E-state index is 6.29. The monoisotopic (exact) mass is 386 g/mol. The minimum absolute atomic E-state index is 0.155. The van der Waals surface area contributed by atoms with E-state index in [1.807, 2.05) is 0 Å². The van der Waals surface area contributed by atoms with Gasteiger partial charge in [-0.1, -0.05) is 23.2 Å². The number of nitrogen functional groups attached to an aromatic ring is 1. The average molecular weight is 388 g/mol. The fourth-order valence-electron chi connectivity index (χ4n) is 2.05. The summed E-state index contributed by atoms with van der Waals surface area (Å²) < 4.78 is 6.02. The molecule has 0 saturated heterocycles. The highest BCUT2D eigenvalue weighted by Gasteiger charge is 2.17. The van der Waals surface area contributed by atoms with Crippen LogP contribution < -0.4 is 10.5 Å². The number of hydrogen-bond donors (Lipinski definition) is 2. The number of nitrogens with zero attached hydrogens (tertiary/aromatic N) is 2. The number of methoxy groups -OCH3 is 1. The largest absolute Gasteiger partial charge is 0.495 e. The number of halogens is 3. The third-order valence-electron chi connectivity index (χ3n) is 2.99. The second kappa shape index (κ2) is 5.36. The normalized spacial score (nSPS) is 11.0. The van der Waals surface area contributed by atoms with Gasteiger partial charge in [-0.15, -0.1) is 0 Å². The Kier molecular flexibility index (Phi) is 3.69. The molecule has 8 heteroatoms. The summed E-state index contributed by atoms with van der Waals surface area (Å²) in [5.41, 5.74) is 8.44. The van der Waals surface area contributed by atoms with Crippen molar-refractivity contribution in [2.45, 2.75) is 0 Å². The highest BCUT2D eigenvalue weighted by molar-refractivity contribution is 9.10. The van der Waals surface area contributed by atoms with Crippen LogP contribution in [0.5, 0.6) is 5.75 Å². The highest BCUT2D eigenvalue weighted by Crippen LogP contribution is 2.39. The van der Waals surface area contributed by atoms with Gasteiger partial charge in [-0.25, -0.2) is 9.97 Å². The molecular formula is C13H9BrCl2N4O. The van der Waals surface area contributed by atoms with Crippen LogP contribution in [0.1, 0.15) is 0 Å². The van der Waals surface area contributed by atoms with Gasteiger partial charge >= 0.3 is 0 Å². The third-order valence-corrected chi connectivity index (χ3v) is 4.20. The van der Waals surface area contributed by atoms with Gasteiger partial charge in [0.25, 0.3) is 0 Å². The summed E-state index contributed by atoms with van der Waals surface area (Å²) in [6.07, 6.45) is 1.77. The van der Waals surface area contributed by atoms with Gasteiger partial charge in [0.05, 0.1) is 27.1 Å². The molecule has 0 radical (unpaired) electrons. The third kappa shape index (κ3) is 2.43. The summed E-state index contributed by atoms with van der Waals surface area (Å²) in [6.45, 7) is 0. The molecular weight excluding hydrogens is 379 g/mol. The number of nitrogens with two attached hydrogens (primary N) is 1. The van der Waals surface area contributed by atoms with Crippen molar-refractivity contribution in [2.75, 3.05) is 12.8 Å². The molecule has 0 aliphatic rings. The van der Waals surface area contributed by atoms with E-state index in [-0.39, 0.29) is 5.95 Å². The first kappa shape index (κ1) is 14.4. The summed E-state index contributed by atoms with van der Waals surface area (Å²) >= 11 is 15.8. The van der Waals surface area contributed by atoms with Crippen LogP contribution in [0.4, 0.5) is 5.95 Å². The van der Waals surface area contributed by atoms with Gasteiger partial charge in [0, 0.05) is 11.8 Å². The molecule has 3 N–H and O–H groups in total. The lowest BCUT2D eigenvalue weighted by Gasteiger charge is -2.10. The highest BCUT2D eigenvalue weighted by atomic mass is 79.9. The van der Waals surface area contributed by atoms with Crippen molar-refractivity contribution in [3.05, 3.63) is 32.8 Å². The summed E-state index contributed by atoms with van der Waals surface area (Å²) in [5.74, 6) is 0.662. The zero-order valence-electron chi connectivity index (χ0n) is 10.7. The molecule has 2 heterocycles. The van der Waals surface area contributed by atoms with Crippen LogP contribution in [0.2, 0.25) is 10.0 Å². The van der Waals surface area contributed by atoms with Crippen LogP contribution in [0.3, 0.4) is 0 Å². The fourth-order valence-corrected chi connectivity index (χ4v) is 3.00. The predicted molar refractivity (Wildman–Crippen MR) is 88.0 cm³/mol. The molecule has 3 aromatic rings. The smallest absolute Gasteiger partial charge is 0.221 e. The standard InChI is InChI=1S/C13H9BrCl2N4O/c1-21-9-2-5(7(15)3-8(9)16)10-12-11(6(14)4-18-12)20-13(17)19-10/h2-4,18H,1H3,(H2,17,19,20). The van der Waals surface area contributed by atoms with Gasteiger partial charge in [0.2, 0.25) is 5.95 Å². The first-order chi connectivity index (χ1) is 10.0. The Morgan fingerprint density at radius 2 is 2.00 bits per heavy atom. The molecule has 0 spiro atoms. The topological polar surface area (TPSA) is 76.8 Å². The maximum absolute atomic E-state index is 6.29. The molecule has 0 atom stereocenters. The van der Waals surface area contributed by atoms with Crippen molar-refractivity contribution in [1.29, 1.82) is 0 Å². The number of H-pyrrole nitrogens is 1. The molecule has 1 aromatic carbocycles. The molecule has 3 rings (SSSR count). The Labute approximate surface area is 138 Å². The molecule has 0 fully saturated rings. The van der Waals surface area contributed by atoms with E-state index < -0.39 is 0 Å². The Morgan fingerprint density at radius 3 is 2.71 bits per heavy atom. The van der Waals surface area contributed by atoms with Crippen LogP contribution in [-0.4, -0.2) is 22.1 Å². The van der Waals surface area contributed by atoms with Crippen LogP contribution in [-0.2, 0) is 0 Å². The van der Waals surface area contributed by atoms with Gasteiger partial charge in [-0.3, -0.25) is 0 Å². The molecule has 0 aliphatic carbocycles. The van der Waals surface area contributed by atoms with Crippen molar-refractivity contribution in [2.24, 2.45) is 0 Å². The van der Waals surface area contributed by atoms with Crippen molar-refractivity contribution in [1.82, 2.24) is 15.0 Å². The summed E-state index contributed by atoms with van der Waals surface area (Å²) in [6, 6.07) is 3.33. The van der Waals surface area contributed by atoms with Gasteiger partial charge < -0.3 is 15.5 Å². The summed E-state index contributed by atoms with van der Waals surface area (Å²) in [7, 11) is 1.54. The number of aromatic nitrogens is 3. The van der Waals surface area contributed by atoms with Crippen LogP contribution in [0.25, 0.3) is 22.3 Å². The molecule has 0 bridgehead atoms. The molecule has 0 saturated carbocycles. The molecule has 21 heavy (non-hydrogen) atoms. The molecule has 0 unspecified atom stereocenters. The Balaban J connectivity index is 2.35.